The van der Waals surface area contributed by atoms with Gasteiger partial charge >= 0.3 is 6.18 Å². The highest BCUT2D eigenvalue weighted by atomic mass is 79.9. The Morgan fingerprint density at radius 1 is 1.05 bits per heavy atom. The van der Waals surface area contributed by atoms with E-state index in [0.29, 0.717) is 10.8 Å². The molecule has 0 radical (unpaired) electrons. The van der Waals surface area contributed by atoms with Gasteiger partial charge in [-0.1, -0.05) is 27.5 Å². The van der Waals surface area contributed by atoms with Crippen LogP contribution in [-0.2, 0) is 6.18 Å². The number of rotatable bonds is 2. The molecule has 0 atom stereocenters. The second-order valence-corrected chi connectivity index (χ2v) is 5.25. The number of anilines is 1. The van der Waals surface area contributed by atoms with Crippen LogP contribution in [0.25, 0.3) is 0 Å². The molecule has 2 aromatic carbocycles. The summed E-state index contributed by atoms with van der Waals surface area (Å²) in [4.78, 5) is 0. The van der Waals surface area contributed by atoms with E-state index in [-0.39, 0.29) is 11.4 Å². The number of alkyl halides is 3. The van der Waals surface area contributed by atoms with Crippen molar-refractivity contribution in [3.8, 4) is 11.5 Å². The Balaban J connectivity index is 2.30. The van der Waals surface area contributed by atoms with Crippen molar-refractivity contribution < 1.29 is 17.9 Å². The van der Waals surface area contributed by atoms with E-state index in [1.807, 2.05) is 0 Å². The topological polar surface area (TPSA) is 35.2 Å². The van der Waals surface area contributed by atoms with E-state index in [9.17, 15) is 13.2 Å². The number of ether oxygens (including phenoxy) is 1. The lowest BCUT2D eigenvalue weighted by Gasteiger charge is -2.12. The van der Waals surface area contributed by atoms with Crippen molar-refractivity contribution in [2.45, 2.75) is 6.18 Å². The molecule has 0 aliphatic rings. The number of nitrogens with two attached hydrogens (primary N) is 1. The molecule has 0 saturated carbocycles. The third-order valence-electron chi connectivity index (χ3n) is 2.45. The Labute approximate surface area is 126 Å². The van der Waals surface area contributed by atoms with Gasteiger partial charge < -0.3 is 10.5 Å². The van der Waals surface area contributed by atoms with Crippen LogP contribution in [0.3, 0.4) is 0 Å². The van der Waals surface area contributed by atoms with Crippen molar-refractivity contribution in [1.29, 1.82) is 0 Å². The van der Waals surface area contributed by atoms with Crippen LogP contribution in [0.5, 0.6) is 11.5 Å². The molecule has 0 amide bonds. The molecule has 7 heteroatoms. The molecule has 0 aliphatic carbocycles. The van der Waals surface area contributed by atoms with E-state index >= 15 is 0 Å². The Kier molecular flexibility index (Phi) is 4.15. The minimum Gasteiger partial charge on any atom is -0.454 e. The summed E-state index contributed by atoms with van der Waals surface area (Å²) in [7, 11) is 0. The molecule has 2 N–H and O–H groups in total. The average molecular weight is 367 g/mol. The molecule has 0 spiro atoms. The fourth-order valence-corrected chi connectivity index (χ4v) is 2.21. The van der Waals surface area contributed by atoms with Crippen LogP contribution < -0.4 is 10.5 Å². The van der Waals surface area contributed by atoms with Crippen LogP contribution in [-0.4, -0.2) is 0 Å². The van der Waals surface area contributed by atoms with Gasteiger partial charge in [-0.25, -0.2) is 0 Å². The van der Waals surface area contributed by atoms with Gasteiger partial charge in [0.25, 0.3) is 0 Å². The molecule has 0 unspecified atom stereocenters. The van der Waals surface area contributed by atoms with E-state index in [1.165, 1.54) is 0 Å². The van der Waals surface area contributed by atoms with Crippen molar-refractivity contribution in [3.63, 3.8) is 0 Å². The van der Waals surface area contributed by atoms with E-state index in [4.69, 9.17) is 22.1 Å². The molecule has 106 valence electrons. The molecule has 2 rings (SSSR count). The molecule has 2 nitrogen and oxygen atoms in total. The quantitative estimate of drug-likeness (QED) is 0.713. The molecule has 0 bridgehead atoms. The van der Waals surface area contributed by atoms with Crippen molar-refractivity contribution in [3.05, 3.63) is 51.5 Å². The first kappa shape index (κ1) is 15.0. The number of nitrogen functional groups attached to an aromatic ring is 1. The van der Waals surface area contributed by atoms with Crippen molar-refractivity contribution in [2.75, 3.05) is 5.73 Å². The third-order valence-corrected chi connectivity index (χ3v) is 3.24. The van der Waals surface area contributed by atoms with Gasteiger partial charge in [0.15, 0.2) is 0 Å². The van der Waals surface area contributed by atoms with Crippen LogP contribution in [0.4, 0.5) is 18.9 Å². The van der Waals surface area contributed by atoms with Crippen LogP contribution >= 0.6 is 27.5 Å². The fraction of sp³-hybridized carbons (Fsp3) is 0.0769. The second-order valence-electron chi connectivity index (χ2n) is 3.93. The van der Waals surface area contributed by atoms with Crippen LogP contribution in [0.1, 0.15) is 5.56 Å². The second kappa shape index (κ2) is 5.54. The van der Waals surface area contributed by atoms with Gasteiger partial charge in [-0.05, 0) is 36.4 Å². The Morgan fingerprint density at radius 2 is 1.70 bits per heavy atom. The summed E-state index contributed by atoms with van der Waals surface area (Å²) in [6, 6.07) is 7.78. The van der Waals surface area contributed by atoms with Gasteiger partial charge in [-0.3, -0.25) is 0 Å². The number of benzene rings is 2. The highest BCUT2D eigenvalue weighted by Gasteiger charge is 2.31. The van der Waals surface area contributed by atoms with Gasteiger partial charge in [-0.2, -0.15) is 13.2 Å². The molecular formula is C13H8BrClF3NO. The van der Waals surface area contributed by atoms with E-state index < -0.39 is 11.7 Å². The van der Waals surface area contributed by atoms with Crippen LogP contribution in [0.15, 0.2) is 40.9 Å². The maximum absolute atomic E-state index is 12.5. The highest BCUT2D eigenvalue weighted by Crippen LogP contribution is 2.37. The highest BCUT2D eigenvalue weighted by molar-refractivity contribution is 9.10. The Hall–Kier alpha value is -1.40. The summed E-state index contributed by atoms with van der Waals surface area (Å²) < 4.78 is 43.7. The standard InChI is InChI=1S/C13H8BrClF3NO/c14-8-2-4-11(9(15)6-8)20-12-3-1-7(5-10(12)19)13(16,17)18/h1-6H,19H2. The molecule has 2 aromatic rings. The zero-order valence-electron chi connectivity index (χ0n) is 9.84. The molecule has 0 saturated heterocycles. The lowest BCUT2D eigenvalue weighted by atomic mass is 10.2. The summed E-state index contributed by atoms with van der Waals surface area (Å²) in [5.74, 6) is 0.420. The smallest absolute Gasteiger partial charge is 0.416 e. The Bertz CT molecular complexity index is 646. The van der Waals surface area contributed by atoms with Gasteiger partial charge in [-0.15, -0.1) is 0 Å². The molecule has 0 aromatic heterocycles. The van der Waals surface area contributed by atoms with Gasteiger partial charge in [0.2, 0.25) is 0 Å². The van der Waals surface area contributed by atoms with Gasteiger partial charge in [0, 0.05) is 4.47 Å². The van der Waals surface area contributed by atoms with Crippen LogP contribution in [0.2, 0.25) is 5.02 Å². The van der Waals surface area contributed by atoms with E-state index in [0.717, 1.165) is 22.7 Å². The largest absolute Gasteiger partial charge is 0.454 e. The zero-order chi connectivity index (χ0) is 14.9. The molecular weight excluding hydrogens is 358 g/mol. The van der Waals surface area contributed by atoms with Crippen LogP contribution in [0, 0.1) is 0 Å². The predicted octanol–water partition coefficient (Wildman–Crippen LogP) is 5.50. The number of hydrogen-bond acceptors (Lipinski definition) is 2. The monoisotopic (exact) mass is 365 g/mol. The minimum absolute atomic E-state index is 0.112. The first-order valence-electron chi connectivity index (χ1n) is 5.37. The summed E-state index contributed by atoms with van der Waals surface area (Å²) in [6.45, 7) is 0. The van der Waals surface area contributed by atoms with E-state index in [1.54, 1.807) is 18.2 Å². The number of hydrogen-bond donors (Lipinski definition) is 1. The molecule has 0 aliphatic heterocycles. The lowest BCUT2D eigenvalue weighted by Crippen LogP contribution is -2.06. The van der Waals surface area contributed by atoms with Crippen molar-refractivity contribution in [2.24, 2.45) is 0 Å². The molecule has 20 heavy (non-hydrogen) atoms. The fourth-order valence-electron chi connectivity index (χ4n) is 1.49. The van der Waals surface area contributed by atoms with Gasteiger partial charge in [0.1, 0.15) is 11.5 Å². The summed E-state index contributed by atoms with van der Waals surface area (Å²) in [5, 5.41) is 0.318. The Morgan fingerprint density at radius 3 is 2.25 bits per heavy atom. The first-order valence-corrected chi connectivity index (χ1v) is 6.54. The van der Waals surface area contributed by atoms with Gasteiger partial charge in [0.05, 0.1) is 16.3 Å². The minimum atomic E-state index is -4.44. The summed E-state index contributed by atoms with van der Waals surface area (Å²) >= 11 is 9.20. The predicted molar refractivity (Wildman–Crippen MR) is 75.1 cm³/mol. The maximum atomic E-state index is 12.5. The maximum Gasteiger partial charge on any atom is 0.416 e. The van der Waals surface area contributed by atoms with E-state index in [2.05, 4.69) is 15.9 Å². The number of halogens is 5. The zero-order valence-corrected chi connectivity index (χ0v) is 12.2. The summed E-state index contributed by atoms with van der Waals surface area (Å²) in [5.41, 5.74) is 4.63. The average Bonchev–Trinajstić information content (AvgIpc) is 2.33. The normalized spacial score (nSPS) is 11.4. The first-order chi connectivity index (χ1) is 9.27. The van der Waals surface area contributed by atoms with Crippen molar-refractivity contribution >= 4 is 33.2 Å². The lowest BCUT2D eigenvalue weighted by molar-refractivity contribution is -0.137. The summed E-state index contributed by atoms with van der Waals surface area (Å²) in [6.07, 6.45) is -4.44. The molecule has 0 heterocycles. The SMILES string of the molecule is Nc1cc(C(F)(F)F)ccc1Oc1ccc(Br)cc1Cl. The molecule has 0 fully saturated rings. The third kappa shape index (κ3) is 3.37. The van der Waals surface area contributed by atoms with Crippen molar-refractivity contribution in [1.82, 2.24) is 0 Å².